The van der Waals surface area contributed by atoms with Crippen molar-refractivity contribution in [2.24, 2.45) is 5.92 Å². The number of aliphatic hydroxyl groups is 1. The zero-order valence-corrected chi connectivity index (χ0v) is 11.9. The first kappa shape index (κ1) is 14.7. The van der Waals surface area contributed by atoms with Gasteiger partial charge in [0.25, 0.3) is 5.91 Å². The molecule has 0 bridgehead atoms. The predicted molar refractivity (Wildman–Crippen MR) is 71.9 cm³/mol. The van der Waals surface area contributed by atoms with Crippen LogP contribution in [0.25, 0.3) is 0 Å². The molecule has 1 aromatic rings. The summed E-state index contributed by atoms with van der Waals surface area (Å²) < 4.78 is 36.7. The van der Waals surface area contributed by atoms with E-state index in [1.165, 1.54) is 29.2 Å². The predicted octanol–water partition coefficient (Wildman–Crippen LogP) is 2.90. The lowest BCUT2D eigenvalue weighted by atomic mass is 9.88. The number of halogens is 3. The fourth-order valence-electron chi connectivity index (χ4n) is 2.62. The lowest BCUT2D eigenvalue weighted by Crippen LogP contribution is -2.64. The Morgan fingerprint density at radius 3 is 2.29 bits per heavy atom. The summed E-state index contributed by atoms with van der Waals surface area (Å²) in [5.41, 5.74) is -4.73. The SMILES string of the molecule is O=C(c1ccc(SC(F)(F)F)cc1)N1CC(O)(C2CC2)C1. The van der Waals surface area contributed by atoms with Gasteiger partial charge < -0.3 is 10.0 Å². The molecule has 1 saturated carbocycles. The highest BCUT2D eigenvalue weighted by Gasteiger charge is 2.53. The zero-order chi connectivity index (χ0) is 15.3. The molecule has 114 valence electrons. The minimum Gasteiger partial charge on any atom is -0.386 e. The van der Waals surface area contributed by atoms with Gasteiger partial charge in [-0.25, -0.2) is 0 Å². The third kappa shape index (κ3) is 3.18. The molecule has 0 radical (unpaired) electrons. The van der Waals surface area contributed by atoms with Gasteiger partial charge >= 0.3 is 5.51 Å². The second-order valence-electron chi connectivity index (χ2n) is 5.61. The number of carbonyl (C=O) groups excluding carboxylic acids is 1. The second kappa shape index (κ2) is 4.91. The maximum Gasteiger partial charge on any atom is 0.446 e. The fourth-order valence-corrected chi connectivity index (χ4v) is 3.16. The third-order valence-corrected chi connectivity index (χ3v) is 4.63. The van der Waals surface area contributed by atoms with E-state index in [4.69, 9.17) is 0 Å². The normalized spacial score (nSPS) is 21.0. The molecule has 7 heteroatoms. The van der Waals surface area contributed by atoms with E-state index in [0.717, 1.165) is 12.8 Å². The standard InChI is InChI=1S/C14H14F3NO2S/c15-14(16,17)21-11-5-1-9(2-6-11)12(19)18-7-13(20,8-18)10-3-4-10/h1-2,5-6,10,20H,3-4,7-8H2. The van der Waals surface area contributed by atoms with Gasteiger partial charge in [-0.3, -0.25) is 4.79 Å². The van der Waals surface area contributed by atoms with E-state index in [1.807, 2.05) is 0 Å². The number of β-amino-alcohol motifs (C(OH)–C–C–N with tert-alkyl or cyclic N) is 1. The number of thioether (sulfide) groups is 1. The highest BCUT2D eigenvalue weighted by Crippen LogP contribution is 2.44. The number of hydrogen-bond acceptors (Lipinski definition) is 3. The smallest absolute Gasteiger partial charge is 0.386 e. The Bertz CT molecular complexity index is 548. The molecule has 1 amide bonds. The molecule has 3 rings (SSSR count). The highest BCUT2D eigenvalue weighted by atomic mass is 32.2. The Morgan fingerprint density at radius 2 is 1.81 bits per heavy atom. The number of nitrogens with zero attached hydrogens (tertiary/aromatic N) is 1. The summed E-state index contributed by atoms with van der Waals surface area (Å²) in [4.78, 5) is 13.7. The molecule has 1 heterocycles. The maximum absolute atomic E-state index is 12.2. The molecular formula is C14H14F3NO2S. The van der Waals surface area contributed by atoms with Gasteiger partial charge in [-0.1, -0.05) is 0 Å². The van der Waals surface area contributed by atoms with Crippen molar-refractivity contribution < 1.29 is 23.1 Å². The van der Waals surface area contributed by atoms with Crippen LogP contribution in [0.3, 0.4) is 0 Å². The van der Waals surface area contributed by atoms with Gasteiger partial charge in [0.1, 0.15) is 5.60 Å². The van der Waals surface area contributed by atoms with Crippen LogP contribution >= 0.6 is 11.8 Å². The Balaban J connectivity index is 1.61. The summed E-state index contributed by atoms with van der Waals surface area (Å²) in [7, 11) is 0. The molecule has 1 N–H and O–H groups in total. The highest BCUT2D eigenvalue weighted by molar-refractivity contribution is 8.00. The Labute approximate surface area is 124 Å². The summed E-state index contributed by atoms with van der Waals surface area (Å²) in [6.45, 7) is 0.630. The zero-order valence-electron chi connectivity index (χ0n) is 11.1. The van der Waals surface area contributed by atoms with Crippen molar-refractivity contribution in [3.63, 3.8) is 0 Å². The van der Waals surface area contributed by atoms with E-state index in [9.17, 15) is 23.1 Å². The number of amides is 1. The molecule has 0 spiro atoms. The van der Waals surface area contributed by atoms with Gasteiger partial charge in [0.2, 0.25) is 0 Å². The molecule has 1 aliphatic carbocycles. The van der Waals surface area contributed by atoms with Crippen molar-refractivity contribution in [2.45, 2.75) is 28.8 Å². The van der Waals surface area contributed by atoms with Crippen LogP contribution in [-0.2, 0) is 0 Å². The first-order valence-corrected chi connectivity index (χ1v) is 7.46. The van der Waals surface area contributed by atoms with Crippen LogP contribution in [0.15, 0.2) is 29.2 Å². The fraction of sp³-hybridized carbons (Fsp3) is 0.500. The lowest BCUT2D eigenvalue weighted by molar-refractivity contribution is -0.0958. The largest absolute Gasteiger partial charge is 0.446 e. The molecular weight excluding hydrogens is 303 g/mol. The summed E-state index contributed by atoms with van der Waals surface area (Å²) in [6.07, 6.45) is 2.00. The van der Waals surface area contributed by atoms with E-state index in [-0.39, 0.29) is 22.6 Å². The lowest BCUT2D eigenvalue weighted by Gasteiger charge is -2.47. The van der Waals surface area contributed by atoms with Crippen LogP contribution in [0.1, 0.15) is 23.2 Å². The first-order valence-electron chi connectivity index (χ1n) is 6.64. The van der Waals surface area contributed by atoms with Crippen molar-refractivity contribution in [2.75, 3.05) is 13.1 Å². The summed E-state index contributed by atoms with van der Waals surface area (Å²) in [5.74, 6) is 0.0518. The number of benzene rings is 1. The van der Waals surface area contributed by atoms with E-state index in [0.29, 0.717) is 24.6 Å². The molecule has 1 aliphatic heterocycles. The van der Waals surface area contributed by atoms with E-state index in [1.54, 1.807) is 0 Å². The van der Waals surface area contributed by atoms with Crippen molar-refractivity contribution in [3.8, 4) is 0 Å². The monoisotopic (exact) mass is 317 g/mol. The summed E-state index contributed by atoms with van der Waals surface area (Å²) in [6, 6.07) is 5.37. The number of alkyl halides is 3. The molecule has 0 atom stereocenters. The van der Waals surface area contributed by atoms with Gasteiger partial charge in [-0.15, -0.1) is 0 Å². The van der Waals surface area contributed by atoms with Gasteiger partial charge in [0.15, 0.2) is 0 Å². The van der Waals surface area contributed by atoms with Crippen LogP contribution in [0.4, 0.5) is 13.2 Å². The van der Waals surface area contributed by atoms with Crippen LogP contribution in [-0.4, -0.2) is 40.1 Å². The second-order valence-corrected chi connectivity index (χ2v) is 6.75. The van der Waals surface area contributed by atoms with Crippen LogP contribution in [0.2, 0.25) is 0 Å². The van der Waals surface area contributed by atoms with E-state index >= 15 is 0 Å². The number of carbonyl (C=O) groups is 1. The van der Waals surface area contributed by atoms with Crippen LogP contribution in [0, 0.1) is 5.92 Å². The van der Waals surface area contributed by atoms with Crippen LogP contribution in [0.5, 0.6) is 0 Å². The molecule has 1 aromatic carbocycles. The average molecular weight is 317 g/mol. The van der Waals surface area contributed by atoms with Crippen molar-refractivity contribution in [1.82, 2.24) is 4.90 Å². The molecule has 1 saturated heterocycles. The van der Waals surface area contributed by atoms with Crippen molar-refractivity contribution >= 4 is 17.7 Å². The minimum atomic E-state index is -4.33. The Morgan fingerprint density at radius 1 is 1.24 bits per heavy atom. The molecule has 3 nitrogen and oxygen atoms in total. The average Bonchev–Trinajstić information content (AvgIpc) is 3.17. The molecule has 2 aliphatic rings. The molecule has 21 heavy (non-hydrogen) atoms. The molecule has 0 unspecified atom stereocenters. The van der Waals surface area contributed by atoms with Gasteiger partial charge in [-0.2, -0.15) is 13.2 Å². The topological polar surface area (TPSA) is 40.5 Å². The van der Waals surface area contributed by atoms with Crippen molar-refractivity contribution in [3.05, 3.63) is 29.8 Å². The maximum atomic E-state index is 12.2. The number of hydrogen-bond donors (Lipinski definition) is 1. The van der Waals surface area contributed by atoms with Gasteiger partial charge in [0.05, 0.1) is 13.1 Å². The summed E-state index contributed by atoms with van der Waals surface area (Å²) in [5, 5.41) is 10.2. The minimum absolute atomic E-state index is 0.0529. The van der Waals surface area contributed by atoms with Crippen molar-refractivity contribution in [1.29, 1.82) is 0 Å². The van der Waals surface area contributed by atoms with E-state index < -0.39 is 11.1 Å². The number of likely N-dealkylation sites (tertiary alicyclic amines) is 1. The first-order chi connectivity index (χ1) is 9.77. The Hall–Kier alpha value is -1.21. The molecule has 2 fully saturated rings. The number of rotatable bonds is 3. The van der Waals surface area contributed by atoms with E-state index in [2.05, 4.69) is 0 Å². The van der Waals surface area contributed by atoms with Gasteiger partial charge in [0, 0.05) is 10.5 Å². The Kier molecular flexibility index (Phi) is 3.44. The van der Waals surface area contributed by atoms with Gasteiger partial charge in [-0.05, 0) is 54.8 Å². The van der Waals surface area contributed by atoms with Crippen LogP contribution < -0.4 is 0 Å². The molecule has 0 aromatic heterocycles. The quantitative estimate of drug-likeness (QED) is 0.872. The summed E-state index contributed by atoms with van der Waals surface area (Å²) >= 11 is -0.204. The third-order valence-electron chi connectivity index (χ3n) is 3.89.